The number of sulfonamides is 1. The highest BCUT2D eigenvalue weighted by atomic mass is 32.2. The molecule has 5 heteroatoms. The maximum Gasteiger partial charge on any atom is 0.240 e. The third-order valence-corrected chi connectivity index (χ3v) is 3.61. The van der Waals surface area contributed by atoms with Crippen molar-refractivity contribution in [1.29, 1.82) is 0 Å². The first kappa shape index (κ1) is 13.4. The van der Waals surface area contributed by atoms with Crippen molar-refractivity contribution in [2.45, 2.75) is 18.2 Å². The van der Waals surface area contributed by atoms with E-state index in [9.17, 15) is 13.2 Å². The van der Waals surface area contributed by atoms with Crippen LogP contribution in [0.2, 0.25) is 0 Å². The van der Waals surface area contributed by atoms with Gasteiger partial charge in [0, 0.05) is 18.5 Å². The van der Waals surface area contributed by atoms with Gasteiger partial charge in [-0.3, -0.25) is 4.79 Å². The molecule has 0 aromatic heterocycles. The van der Waals surface area contributed by atoms with Gasteiger partial charge in [0.25, 0.3) is 0 Å². The van der Waals surface area contributed by atoms with Crippen LogP contribution >= 0.6 is 0 Å². The van der Waals surface area contributed by atoms with Crippen LogP contribution in [0.25, 0.3) is 0 Å². The molecule has 0 spiro atoms. The Morgan fingerprint density at radius 3 is 2.41 bits per heavy atom. The molecule has 0 unspecified atom stereocenters. The van der Waals surface area contributed by atoms with Gasteiger partial charge < -0.3 is 0 Å². The van der Waals surface area contributed by atoms with Crippen molar-refractivity contribution in [3.05, 3.63) is 29.8 Å². The van der Waals surface area contributed by atoms with Crippen LogP contribution in [-0.2, 0) is 10.0 Å². The highest BCUT2D eigenvalue weighted by Gasteiger charge is 2.13. The second-order valence-electron chi connectivity index (χ2n) is 3.43. The van der Waals surface area contributed by atoms with Crippen LogP contribution in [0.5, 0.6) is 0 Å². The molecule has 0 aliphatic carbocycles. The van der Waals surface area contributed by atoms with Gasteiger partial charge in [-0.2, -0.15) is 0 Å². The van der Waals surface area contributed by atoms with Gasteiger partial charge in [-0.15, -0.1) is 12.3 Å². The molecule has 0 saturated carbocycles. The molecule has 0 fully saturated rings. The van der Waals surface area contributed by atoms with Crippen LogP contribution in [-0.4, -0.2) is 20.7 Å². The number of carbonyl (C=O) groups is 1. The molecule has 0 aliphatic heterocycles. The normalized spacial score (nSPS) is 10.8. The molecule has 17 heavy (non-hydrogen) atoms. The lowest BCUT2D eigenvalue weighted by Crippen LogP contribution is -2.24. The van der Waals surface area contributed by atoms with E-state index in [2.05, 4.69) is 10.6 Å². The number of Topliss-reactive ketones (excluding diaryl/α,β-unsaturated/α-hetero) is 1. The first-order valence-electron chi connectivity index (χ1n) is 5.01. The number of hydrogen-bond donors (Lipinski definition) is 1. The van der Waals surface area contributed by atoms with E-state index in [1.807, 2.05) is 0 Å². The first-order chi connectivity index (χ1) is 7.97. The second-order valence-corrected chi connectivity index (χ2v) is 5.20. The fourth-order valence-corrected chi connectivity index (χ4v) is 2.24. The molecule has 1 aromatic rings. The maximum atomic E-state index is 11.7. The monoisotopic (exact) mass is 251 g/mol. The van der Waals surface area contributed by atoms with Crippen molar-refractivity contribution < 1.29 is 13.2 Å². The highest BCUT2D eigenvalue weighted by Crippen LogP contribution is 2.10. The number of terminal acetylenes is 1. The zero-order chi connectivity index (χ0) is 12.9. The summed E-state index contributed by atoms with van der Waals surface area (Å²) in [7, 11) is -3.53. The van der Waals surface area contributed by atoms with Gasteiger partial charge in [-0.05, 0) is 19.1 Å². The molecule has 0 bridgehead atoms. The van der Waals surface area contributed by atoms with Gasteiger partial charge in [-0.1, -0.05) is 12.1 Å². The minimum atomic E-state index is -3.53. The van der Waals surface area contributed by atoms with Crippen LogP contribution in [0.1, 0.15) is 23.7 Å². The third-order valence-electron chi connectivity index (χ3n) is 2.13. The minimum Gasteiger partial charge on any atom is -0.295 e. The smallest absolute Gasteiger partial charge is 0.240 e. The number of benzene rings is 1. The Kier molecular flexibility index (Phi) is 4.44. The van der Waals surface area contributed by atoms with Crippen LogP contribution in [0.15, 0.2) is 29.2 Å². The van der Waals surface area contributed by atoms with Gasteiger partial charge in [0.05, 0.1) is 4.90 Å². The van der Waals surface area contributed by atoms with Crippen molar-refractivity contribution in [2.75, 3.05) is 6.54 Å². The standard InChI is InChI=1S/C12H13NO3S/c1-3-4-9-13-17(15,16)12-7-5-11(6-8-12)10(2)14/h1,5-8,13H,4,9H2,2H3. The molecule has 0 atom stereocenters. The second kappa shape index (κ2) is 5.62. The average Bonchev–Trinajstić information content (AvgIpc) is 2.29. The lowest BCUT2D eigenvalue weighted by atomic mass is 10.2. The predicted octanol–water partition coefficient (Wildman–Crippen LogP) is 1.19. The third kappa shape index (κ3) is 3.70. The van der Waals surface area contributed by atoms with E-state index in [1.54, 1.807) is 0 Å². The Bertz CT molecular complexity index is 538. The van der Waals surface area contributed by atoms with Gasteiger partial charge >= 0.3 is 0 Å². The van der Waals surface area contributed by atoms with Crippen LogP contribution in [0.3, 0.4) is 0 Å². The Morgan fingerprint density at radius 2 is 1.94 bits per heavy atom. The number of ketones is 1. The SMILES string of the molecule is C#CCCNS(=O)(=O)c1ccc(C(C)=O)cc1. The molecule has 1 N–H and O–H groups in total. The van der Waals surface area contributed by atoms with E-state index < -0.39 is 10.0 Å². The minimum absolute atomic E-state index is 0.103. The largest absolute Gasteiger partial charge is 0.295 e. The van der Waals surface area contributed by atoms with Crippen LogP contribution in [0.4, 0.5) is 0 Å². The zero-order valence-electron chi connectivity index (χ0n) is 9.43. The van der Waals surface area contributed by atoms with Crippen LogP contribution in [0, 0.1) is 12.3 Å². The lowest BCUT2D eigenvalue weighted by Gasteiger charge is -2.05. The van der Waals surface area contributed by atoms with E-state index in [0.717, 1.165) is 0 Å². The summed E-state index contributed by atoms with van der Waals surface area (Å²) in [5, 5.41) is 0. The van der Waals surface area contributed by atoms with Gasteiger partial charge in [-0.25, -0.2) is 13.1 Å². The molecule has 0 aliphatic rings. The van der Waals surface area contributed by atoms with E-state index >= 15 is 0 Å². The zero-order valence-corrected chi connectivity index (χ0v) is 10.3. The van der Waals surface area contributed by atoms with Crippen molar-refractivity contribution in [2.24, 2.45) is 0 Å². The summed E-state index contributed by atoms with van der Waals surface area (Å²) in [6.07, 6.45) is 5.37. The van der Waals surface area contributed by atoms with E-state index in [-0.39, 0.29) is 17.2 Å². The quantitative estimate of drug-likeness (QED) is 0.486. The van der Waals surface area contributed by atoms with E-state index in [1.165, 1.54) is 31.2 Å². The summed E-state index contributed by atoms with van der Waals surface area (Å²) in [5.74, 6) is 2.24. The summed E-state index contributed by atoms with van der Waals surface area (Å²) >= 11 is 0. The van der Waals surface area contributed by atoms with Crippen molar-refractivity contribution >= 4 is 15.8 Å². The lowest BCUT2D eigenvalue weighted by molar-refractivity contribution is 0.101. The molecule has 1 aromatic carbocycles. The average molecular weight is 251 g/mol. The Labute approximate surface area is 101 Å². The Morgan fingerprint density at radius 1 is 1.35 bits per heavy atom. The van der Waals surface area contributed by atoms with Crippen molar-refractivity contribution in [1.82, 2.24) is 4.72 Å². The fourth-order valence-electron chi connectivity index (χ4n) is 1.21. The predicted molar refractivity (Wildman–Crippen MR) is 65.1 cm³/mol. The number of nitrogens with one attached hydrogen (secondary N) is 1. The van der Waals surface area contributed by atoms with Crippen molar-refractivity contribution in [3.8, 4) is 12.3 Å². The first-order valence-corrected chi connectivity index (χ1v) is 6.50. The molecule has 0 radical (unpaired) electrons. The number of carbonyl (C=O) groups excluding carboxylic acids is 1. The fraction of sp³-hybridized carbons (Fsp3) is 0.250. The molecule has 0 heterocycles. The van der Waals surface area contributed by atoms with E-state index in [4.69, 9.17) is 6.42 Å². The molecule has 4 nitrogen and oxygen atoms in total. The Hall–Kier alpha value is -1.64. The highest BCUT2D eigenvalue weighted by molar-refractivity contribution is 7.89. The summed E-state index contributed by atoms with van der Waals surface area (Å²) in [6, 6.07) is 5.76. The summed E-state index contributed by atoms with van der Waals surface area (Å²) in [4.78, 5) is 11.2. The maximum absolute atomic E-state index is 11.7. The topological polar surface area (TPSA) is 63.2 Å². The molecule has 0 saturated heterocycles. The Balaban J connectivity index is 2.86. The van der Waals surface area contributed by atoms with Gasteiger partial charge in [0.15, 0.2) is 5.78 Å². The number of hydrogen-bond acceptors (Lipinski definition) is 3. The summed E-state index contributed by atoms with van der Waals surface area (Å²) in [6.45, 7) is 1.63. The van der Waals surface area contributed by atoms with Gasteiger partial charge in [0.2, 0.25) is 10.0 Å². The summed E-state index contributed by atoms with van der Waals surface area (Å²) in [5.41, 5.74) is 0.479. The van der Waals surface area contributed by atoms with E-state index in [0.29, 0.717) is 12.0 Å². The van der Waals surface area contributed by atoms with Crippen LogP contribution < -0.4 is 4.72 Å². The molecule has 90 valence electrons. The molecule has 0 amide bonds. The van der Waals surface area contributed by atoms with Crippen molar-refractivity contribution in [3.63, 3.8) is 0 Å². The number of rotatable bonds is 5. The molecular weight excluding hydrogens is 238 g/mol. The molecular formula is C12H13NO3S. The summed E-state index contributed by atoms with van der Waals surface area (Å²) < 4.78 is 25.8. The molecule has 1 rings (SSSR count). The van der Waals surface area contributed by atoms with Gasteiger partial charge in [0.1, 0.15) is 0 Å².